The Morgan fingerprint density at radius 3 is 2.47 bits per heavy atom. The van der Waals surface area contributed by atoms with E-state index in [9.17, 15) is 5.11 Å². The Morgan fingerprint density at radius 1 is 1.29 bits per heavy atom. The number of hydrogen-bond acceptors (Lipinski definition) is 2. The molecule has 2 nitrogen and oxygen atoms in total. The second-order valence-electron chi connectivity index (χ2n) is 5.12. The molecular formula is C15H23NO. The first kappa shape index (κ1) is 13.8. The van der Waals surface area contributed by atoms with Crippen molar-refractivity contribution < 1.29 is 5.11 Å². The summed E-state index contributed by atoms with van der Waals surface area (Å²) in [5.74, 6) is 0.375. The largest absolute Gasteiger partial charge is 0.507 e. The fraction of sp³-hybridized carbons (Fsp3) is 0.533. The lowest BCUT2D eigenvalue weighted by Crippen LogP contribution is -2.16. The number of aryl methyl sites for hydroxylation is 1. The minimum atomic E-state index is -0.00902. The summed E-state index contributed by atoms with van der Waals surface area (Å²) in [6, 6.07) is 4.05. The van der Waals surface area contributed by atoms with E-state index >= 15 is 0 Å². The third kappa shape index (κ3) is 3.09. The molecule has 0 atom stereocenters. The smallest absolute Gasteiger partial charge is 0.128 e. The van der Waals surface area contributed by atoms with Gasteiger partial charge in [-0.3, -0.25) is 4.99 Å². The van der Waals surface area contributed by atoms with E-state index in [1.54, 1.807) is 6.21 Å². The molecule has 0 saturated carbocycles. The molecule has 1 rings (SSSR count). The Hall–Kier alpha value is -1.31. The van der Waals surface area contributed by atoms with Crippen molar-refractivity contribution in [2.45, 2.75) is 46.5 Å². The summed E-state index contributed by atoms with van der Waals surface area (Å²) in [6.45, 7) is 11.2. The van der Waals surface area contributed by atoms with E-state index in [1.165, 1.54) is 0 Å². The standard InChI is InChI=1S/C15H23NO/c1-6-15(4,5)13-9-11(3)8-12(14(13)17)10-16-7-2/h8-10,17H,6-7H2,1-5H3. The number of phenols is 1. The lowest BCUT2D eigenvalue weighted by Gasteiger charge is -2.25. The van der Waals surface area contributed by atoms with Crippen LogP contribution in [0.25, 0.3) is 0 Å². The van der Waals surface area contributed by atoms with Crippen molar-refractivity contribution in [3.8, 4) is 5.75 Å². The molecule has 0 radical (unpaired) electrons. The van der Waals surface area contributed by atoms with Gasteiger partial charge in [-0.25, -0.2) is 0 Å². The molecule has 0 unspecified atom stereocenters. The van der Waals surface area contributed by atoms with Crippen molar-refractivity contribution in [2.75, 3.05) is 6.54 Å². The minimum Gasteiger partial charge on any atom is -0.507 e. The predicted molar refractivity (Wildman–Crippen MR) is 74.3 cm³/mol. The Bertz CT molecular complexity index is 419. The molecule has 2 heteroatoms. The zero-order valence-corrected chi connectivity index (χ0v) is 11.5. The fourth-order valence-corrected chi connectivity index (χ4v) is 1.80. The maximum absolute atomic E-state index is 10.3. The highest BCUT2D eigenvalue weighted by atomic mass is 16.3. The molecule has 17 heavy (non-hydrogen) atoms. The van der Waals surface area contributed by atoms with Gasteiger partial charge in [0.2, 0.25) is 0 Å². The summed E-state index contributed by atoms with van der Waals surface area (Å²) in [4.78, 5) is 4.21. The normalized spacial score (nSPS) is 12.3. The summed E-state index contributed by atoms with van der Waals surface area (Å²) < 4.78 is 0. The molecule has 0 aromatic heterocycles. The molecule has 0 spiro atoms. The zero-order chi connectivity index (χ0) is 13.1. The first-order chi connectivity index (χ1) is 7.92. The monoisotopic (exact) mass is 233 g/mol. The van der Waals surface area contributed by atoms with Gasteiger partial charge in [-0.1, -0.05) is 26.8 Å². The number of nitrogens with zero attached hydrogens (tertiary/aromatic N) is 1. The van der Waals surface area contributed by atoms with Gasteiger partial charge in [0.25, 0.3) is 0 Å². The van der Waals surface area contributed by atoms with Crippen molar-refractivity contribution >= 4 is 6.21 Å². The van der Waals surface area contributed by atoms with E-state index in [4.69, 9.17) is 0 Å². The van der Waals surface area contributed by atoms with Gasteiger partial charge in [-0.05, 0) is 37.3 Å². The second-order valence-corrected chi connectivity index (χ2v) is 5.12. The van der Waals surface area contributed by atoms with Crippen molar-refractivity contribution in [1.29, 1.82) is 0 Å². The van der Waals surface area contributed by atoms with Crippen LogP contribution in [0.15, 0.2) is 17.1 Å². The summed E-state index contributed by atoms with van der Waals surface area (Å²) in [6.07, 6.45) is 2.76. The fourth-order valence-electron chi connectivity index (χ4n) is 1.80. The van der Waals surface area contributed by atoms with Crippen molar-refractivity contribution in [2.24, 2.45) is 4.99 Å². The van der Waals surface area contributed by atoms with Gasteiger partial charge in [0.1, 0.15) is 5.75 Å². The molecular weight excluding hydrogens is 210 g/mol. The summed E-state index contributed by atoms with van der Waals surface area (Å²) >= 11 is 0. The first-order valence-corrected chi connectivity index (χ1v) is 6.26. The second kappa shape index (κ2) is 5.35. The third-order valence-electron chi connectivity index (χ3n) is 3.31. The minimum absolute atomic E-state index is 0.00902. The van der Waals surface area contributed by atoms with E-state index in [0.717, 1.165) is 29.7 Å². The van der Waals surface area contributed by atoms with Gasteiger partial charge in [0, 0.05) is 23.9 Å². The molecule has 0 saturated heterocycles. The van der Waals surface area contributed by atoms with E-state index < -0.39 is 0 Å². The van der Waals surface area contributed by atoms with Gasteiger partial charge >= 0.3 is 0 Å². The van der Waals surface area contributed by atoms with Crippen LogP contribution < -0.4 is 0 Å². The molecule has 1 N–H and O–H groups in total. The molecule has 94 valence electrons. The van der Waals surface area contributed by atoms with Crippen LogP contribution in [0.4, 0.5) is 0 Å². The number of hydrogen-bond donors (Lipinski definition) is 1. The van der Waals surface area contributed by atoms with Crippen LogP contribution in [0, 0.1) is 6.92 Å². The molecule has 0 fully saturated rings. The Labute approximate surface area is 104 Å². The lowest BCUT2D eigenvalue weighted by molar-refractivity contribution is 0.428. The molecule has 0 heterocycles. The molecule has 0 aliphatic rings. The number of benzene rings is 1. The Kier molecular flexibility index (Phi) is 4.33. The topological polar surface area (TPSA) is 32.6 Å². The maximum Gasteiger partial charge on any atom is 0.128 e. The van der Waals surface area contributed by atoms with Crippen LogP contribution in [-0.4, -0.2) is 17.9 Å². The average Bonchev–Trinajstić information content (AvgIpc) is 2.29. The highest BCUT2D eigenvalue weighted by Crippen LogP contribution is 2.36. The number of phenolic OH excluding ortho intramolecular Hbond substituents is 1. The summed E-state index contributed by atoms with van der Waals surface area (Å²) in [7, 11) is 0. The van der Waals surface area contributed by atoms with Crippen molar-refractivity contribution in [1.82, 2.24) is 0 Å². The molecule has 0 bridgehead atoms. The van der Waals surface area contributed by atoms with Crippen LogP contribution in [0.1, 0.15) is 50.8 Å². The van der Waals surface area contributed by atoms with Gasteiger partial charge in [-0.15, -0.1) is 0 Å². The van der Waals surface area contributed by atoms with E-state index in [2.05, 4.69) is 38.8 Å². The zero-order valence-electron chi connectivity index (χ0n) is 11.5. The van der Waals surface area contributed by atoms with Crippen LogP contribution in [-0.2, 0) is 5.41 Å². The number of aliphatic imine (C=N–C) groups is 1. The van der Waals surface area contributed by atoms with Gasteiger partial charge < -0.3 is 5.11 Å². The molecule has 1 aromatic carbocycles. The van der Waals surface area contributed by atoms with E-state index in [1.807, 2.05) is 13.0 Å². The van der Waals surface area contributed by atoms with Crippen molar-refractivity contribution in [3.05, 3.63) is 28.8 Å². The molecule has 0 amide bonds. The SMILES string of the molecule is CCN=Cc1cc(C)cc(C(C)(C)CC)c1O. The maximum atomic E-state index is 10.3. The molecule has 0 aliphatic heterocycles. The summed E-state index contributed by atoms with van der Waals surface area (Å²) in [5, 5.41) is 10.3. The van der Waals surface area contributed by atoms with E-state index in [-0.39, 0.29) is 5.41 Å². The highest BCUT2D eigenvalue weighted by molar-refractivity contribution is 5.84. The Balaban J connectivity index is 3.33. The van der Waals surface area contributed by atoms with Crippen LogP contribution in [0.3, 0.4) is 0 Å². The highest BCUT2D eigenvalue weighted by Gasteiger charge is 2.23. The van der Waals surface area contributed by atoms with Crippen LogP contribution >= 0.6 is 0 Å². The predicted octanol–water partition coefficient (Wildman–Crippen LogP) is 3.83. The van der Waals surface area contributed by atoms with Gasteiger partial charge in [-0.2, -0.15) is 0 Å². The quantitative estimate of drug-likeness (QED) is 0.788. The van der Waals surface area contributed by atoms with Gasteiger partial charge in [0.15, 0.2) is 0 Å². The third-order valence-corrected chi connectivity index (χ3v) is 3.31. The number of aromatic hydroxyl groups is 1. The number of rotatable bonds is 4. The molecule has 0 aliphatic carbocycles. The lowest BCUT2D eigenvalue weighted by atomic mass is 9.80. The Morgan fingerprint density at radius 2 is 1.94 bits per heavy atom. The van der Waals surface area contributed by atoms with Crippen molar-refractivity contribution in [3.63, 3.8) is 0 Å². The van der Waals surface area contributed by atoms with Gasteiger partial charge in [0.05, 0.1) is 0 Å². The first-order valence-electron chi connectivity index (χ1n) is 6.26. The summed E-state index contributed by atoms with van der Waals surface area (Å²) in [5.41, 5.74) is 2.99. The van der Waals surface area contributed by atoms with Crippen LogP contribution in [0.2, 0.25) is 0 Å². The van der Waals surface area contributed by atoms with E-state index in [0.29, 0.717) is 5.75 Å². The molecule has 1 aromatic rings. The van der Waals surface area contributed by atoms with Crippen LogP contribution in [0.5, 0.6) is 5.75 Å². The average molecular weight is 233 g/mol.